The summed E-state index contributed by atoms with van der Waals surface area (Å²) in [6.07, 6.45) is 0.889. The van der Waals surface area contributed by atoms with Crippen LogP contribution >= 0.6 is 0 Å². The molecule has 36 heavy (non-hydrogen) atoms. The van der Waals surface area contributed by atoms with E-state index in [2.05, 4.69) is 0 Å². The van der Waals surface area contributed by atoms with Crippen LogP contribution in [0.15, 0.2) is 65.6 Å². The standard InChI is InChI=1S/C29H35NO5S/c1-21-12-14-26(15-13-21)18-30(29(19-31,20-34-5)17-25-10-8-7-9-11-25)36(32,33)28-22(2)16-27(35-6)23(3)24(28)4/h7-16,19H,17-18,20H2,1-6H3/t29-/m0/s1. The van der Waals surface area contributed by atoms with Crippen LogP contribution < -0.4 is 4.74 Å². The topological polar surface area (TPSA) is 72.9 Å². The molecule has 1 atom stereocenters. The fourth-order valence-electron chi connectivity index (χ4n) is 4.63. The van der Waals surface area contributed by atoms with Gasteiger partial charge in [-0.1, -0.05) is 60.2 Å². The zero-order valence-corrected chi connectivity index (χ0v) is 22.7. The molecule has 0 spiro atoms. The number of carbonyl (C=O) groups is 1. The predicted molar refractivity (Wildman–Crippen MR) is 142 cm³/mol. The molecule has 0 fully saturated rings. The fourth-order valence-corrected chi connectivity index (χ4v) is 6.81. The second-order valence-electron chi connectivity index (χ2n) is 9.29. The molecule has 0 aliphatic carbocycles. The Morgan fingerprint density at radius 1 is 0.889 bits per heavy atom. The number of methoxy groups -OCH3 is 2. The van der Waals surface area contributed by atoms with Crippen molar-refractivity contribution in [2.75, 3.05) is 20.8 Å². The Hall–Kier alpha value is -3.00. The van der Waals surface area contributed by atoms with Gasteiger partial charge in [0, 0.05) is 20.1 Å². The Morgan fingerprint density at radius 3 is 2.08 bits per heavy atom. The molecule has 0 aliphatic heterocycles. The number of aryl methyl sites for hydroxylation is 2. The van der Waals surface area contributed by atoms with E-state index >= 15 is 0 Å². The van der Waals surface area contributed by atoms with Gasteiger partial charge in [0.15, 0.2) is 0 Å². The minimum Gasteiger partial charge on any atom is -0.496 e. The molecular weight excluding hydrogens is 474 g/mol. The van der Waals surface area contributed by atoms with Crippen LogP contribution in [-0.4, -0.2) is 45.4 Å². The van der Waals surface area contributed by atoms with Gasteiger partial charge in [0.25, 0.3) is 0 Å². The molecule has 3 aromatic carbocycles. The second-order valence-corrected chi connectivity index (χ2v) is 11.1. The van der Waals surface area contributed by atoms with Gasteiger partial charge >= 0.3 is 0 Å². The average Bonchev–Trinajstić information content (AvgIpc) is 2.86. The summed E-state index contributed by atoms with van der Waals surface area (Å²) in [4.78, 5) is 13.1. The fraction of sp³-hybridized carbons (Fsp3) is 0.345. The minimum absolute atomic E-state index is 0.0154. The van der Waals surface area contributed by atoms with Crippen LogP contribution in [0.3, 0.4) is 0 Å². The van der Waals surface area contributed by atoms with E-state index < -0.39 is 15.6 Å². The average molecular weight is 510 g/mol. The third kappa shape index (κ3) is 5.53. The van der Waals surface area contributed by atoms with E-state index in [9.17, 15) is 13.2 Å². The molecule has 0 saturated carbocycles. The number of sulfonamides is 1. The monoisotopic (exact) mass is 509 g/mol. The van der Waals surface area contributed by atoms with E-state index in [1.165, 1.54) is 11.4 Å². The van der Waals surface area contributed by atoms with Gasteiger partial charge < -0.3 is 14.3 Å². The Labute approximate surface area is 214 Å². The summed E-state index contributed by atoms with van der Waals surface area (Å²) in [7, 11) is -1.12. The highest BCUT2D eigenvalue weighted by atomic mass is 32.2. The SMILES string of the molecule is COC[C@@](C=O)(Cc1ccccc1)N(Cc1ccc(C)cc1)S(=O)(=O)c1c(C)cc(OC)c(C)c1C. The third-order valence-electron chi connectivity index (χ3n) is 6.66. The lowest BCUT2D eigenvalue weighted by Gasteiger charge is -2.39. The van der Waals surface area contributed by atoms with Gasteiger partial charge in [-0.15, -0.1) is 0 Å². The largest absolute Gasteiger partial charge is 0.496 e. The van der Waals surface area contributed by atoms with Crippen molar-refractivity contribution in [2.24, 2.45) is 0 Å². The van der Waals surface area contributed by atoms with Crippen molar-refractivity contribution >= 4 is 16.3 Å². The molecule has 3 rings (SSSR count). The number of rotatable bonds is 11. The molecule has 0 amide bonds. The van der Waals surface area contributed by atoms with Crippen molar-refractivity contribution in [1.82, 2.24) is 4.31 Å². The zero-order chi connectivity index (χ0) is 26.5. The zero-order valence-electron chi connectivity index (χ0n) is 21.9. The molecule has 192 valence electrons. The molecule has 3 aromatic rings. The summed E-state index contributed by atoms with van der Waals surface area (Å²) in [5, 5.41) is 0. The summed E-state index contributed by atoms with van der Waals surface area (Å²) >= 11 is 0. The minimum atomic E-state index is -4.16. The summed E-state index contributed by atoms with van der Waals surface area (Å²) in [6, 6.07) is 18.8. The van der Waals surface area contributed by atoms with Crippen LogP contribution in [-0.2, 0) is 32.5 Å². The molecule has 0 heterocycles. The van der Waals surface area contributed by atoms with Crippen LogP contribution in [0.4, 0.5) is 0 Å². The molecule has 0 aromatic heterocycles. The van der Waals surface area contributed by atoms with Crippen LogP contribution in [0.2, 0.25) is 0 Å². The third-order valence-corrected chi connectivity index (χ3v) is 8.87. The molecule has 0 aliphatic rings. The number of ether oxygens (including phenoxy) is 2. The van der Waals surface area contributed by atoms with E-state index in [4.69, 9.17) is 9.47 Å². The first-order valence-electron chi connectivity index (χ1n) is 11.8. The summed E-state index contributed by atoms with van der Waals surface area (Å²) in [6.45, 7) is 7.26. The summed E-state index contributed by atoms with van der Waals surface area (Å²) in [5.41, 5.74) is 3.10. The lowest BCUT2D eigenvalue weighted by molar-refractivity contribution is -0.119. The van der Waals surface area contributed by atoms with Crippen molar-refractivity contribution < 1.29 is 22.7 Å². The van der Waals surface area contributed by atoms with Crippen LogP contribution in [0.1, 0.15) is 33.4 Å². The summed E-state index contributed by atoms with van der Waals surface area (Å²) < 4.78 is 41.4. The van der Waals surface area contributed by atoms with Crippen molar-refractivity contribution in [2.45, 2.75) is 51.1 Å². The highest BCUT2D eigenvalue weighted by molar-refractivity contribution is 7.89. The van der Waals surface area contributed by atoms with Crippen LogP contribution in [0.25, 0.3) is 0 Å². The lowest BCUT2D eigenvalue weighted by Crippen LogP contribution is -2.57. The maximum Gasteiger partial charge on any atom is 0.244 e. The van der Waals surface area contributed by atoms with Crippen LogP contribution in [0.5, 0.6) is 5.75 Å². The maximum atomic E-state index is 14.5. The van der Waals surface area contributed by atoms with E-state index in [0.29, 0.717) is 16.9 Å². The van der Waals surface area contributed by atoms with Crippen molar-refractivity contribution in [3.63, 3.8) is 0 Å². The Morgan fingerprint density at radius 2 is 1.53 bits per heavy atom. The number of hydrogen-bond donors (Lipinski definition) is 0. The molecule has 7 heteroatoms. The number of nitrogens with zero attached hydrogens (tertiary/aromatic N) is 1. The van der Waals surface area contributed by atoms with Crippen molar-refractivity contribution in [3.05, 3.63) is 94.0 Å². The Balaban J connectivity index is 2.28. The summed E-state index contributed by atoms with van der Waals surface area (Å²) in [5.74, 6) is 0.622. The lowest BCUT2D eigenvalue weighted by atomic mass is 9.92. The molecule has 6 nitrogen and oxygen atoms in total. The molecule has 0 saturated heterocycles. The molecule has 0 N–H and O–H groups in total. The maximum absolute atomic E-state index is 14.5. The van der Waals surface area contributed by atoms with E-state index in [1.807, 2.05) is 68.4 Å². The molecule has 0 unspecified atom stereocenters. The first-order valence-corrected chi connectivity index (χ1v) is 13.3. The number of hydrogen-bond acceptors (Lipinski definition) is 5. The van der Waals surface area contributed by atoms with Crippen LogP contribution in [0, 0.1) is 27.7 Å². The van der Waals surface area contributed by atoms with E-state index in [1.54, 1.807) is 27.0 Å². The highest BCUT2D eigenvalue weighted by Gasteiger charge is 2.46. The van der Waals surface area contributed by atoms with Crippen molar-refractivity contribution in [3.8, 4) is 5.75 Å². The van der Waals surface area contributed by atoms with Crippen molar-refractivity contribution in [1.29, 1.82) is 0 Å². The molecular formula is C29H35NO5S. The van der Waals surface area contributed by atoms with Gasteiger partial charge in [0.05, 0.1) is 18.6 Å². The van der Waals surface area contributed by atoms with E-state index in [-0.39, 0.29) is 24.5 Å². The van der Waals surface area contributed by atoms with Gasteiger partial charge in [-0.2, -0.15) is 4.31 Å². The van der Waals surface area contributed by atoms with Gasteiger partial charge in [-0.3, -0.25) is 0 Å². The van der Waals surface area contributed by atoms with Gasteiger partial charge in [0.1, 0.15) is 17.6 Å². The molecule has 0 bridgehead atoms. The number of benzene rings is 3. The van der Waals surface area contributed by atoms with Gasteiger partial charge in [0.2, 0.25) is 10.0 Å². The first kappa shape index (κ1) is 27.6. The Kier molecular flexibility index (Phi) is 8.71. The van der Waals surface area contributed by atoms with Gasteiger partial charge in [-0.25, -0.2) is 8.42 Å². The molecule has 0 radical (unpaired) electrons. The normalized spacial score (nSPS) is 13.4. The predicted octanol–water partition coefficient (Wildman–Crippen LogP) is 4.95. The number of aldehydes is 1. The second kappa shape index (κ2) is 11.4. The highest BCUT2D eigenvalue weighted by Crippen LogP contribution is 2.36. The van der Waals surface area contributed by atoms with E-state index in [0.717, 1.165) is 28.5 Å². The quantitative estimate of drug-likeness (QED) is 0.342. The van der Waals surface area contributed by atoms with Gasteiger partial charge in [-0.05, 0) is 61.6 Å². The smallest absolute Gasteiger partial charge is 0.244 e. The first-order chi connectivity index (χ1) is 17.1. The Bertz CT molecular complexity index is 1300. The number of carbonyl (C=O) groups excluding carboxylic acids is 1.